The Labute approximate surface area is 149 Å². The summed E-state index contributed by atoms with van der Waals surface area (Å²) in [6, 6.07) is 6.67. The summed E-state index contributed by atoms with van der Waals surface area (Å²) in [5.74, 6) is -4.93. The fourth-order valence-corrected chi connectivity index (χ4v) is 3.59. The van der Waals surface area contributed by atoms with Crippen LogP contribution in [0.2, 0.25) is 0 Å². The smallest absolute Gasteiger partial charge is 0.394 e. The van der Waals surface area contributed by atoms with Gasteiger partial charge in [-0.05, 0) is 36.8 Å². The molecule has 1 aromatic rings. The van der Waals surface area contributed by atoms with E-state index in [1.165, 1.54) is 0 Å². The number of nitrogens with one attached hydrogen (secondary N) is 1. The predicted octanol–water partition coefficient (Wildman–Crippen LogP) is 3.35. The van der Waals surface area contributed by atoms with E-state index in [9.17, 15) is 22.8 Å². The number of hydrogen-bond donors (Lipinski definition) is 2. The number of carbonyl (C=O) groups excluding carboxylic acids is 1. The van der Waals surface area contributed by atoms with Crippen molar-refractivity contribution in [1.29, 1.82) is 0 Å². The van der Waals surface area contributed by atoms with Gasteiger partial charge in [0.2, 0.25) is 0 Å². The van der Waals surface area contributed by atoms with Crippen LogP contribution in [0.3, 0.4) is 0 Å². The molecule has 1 saturated heterocycles. The zero-order valence-corrected chi connectivity index (χ0v) is 14.3. The number of halogens is 3. The fourth-order valence-electron chi connectivity index (χ4n) is 3.59. The molecule has 26 heavy (non-hydrogen) atoms. The highest BCUT2D eigenvalue weighted by atomic mass is 19.4. The summed E-state index contributed by atoms with van der Waals surface area (Å²) in [4.78, 5) is 24.7. The zero-order valence-electron chi connectivity index (χ0n) is 14.3. The molecule has 1 unspecified atom stereocenters. The number of benzene rings is 1. The number of alkyl halides is 3. The minimum atomic E-state index is -4.65. The standard InChI is InChI=1S/C18H21F3N2O3/c1-10-4-2-3-5-12(10)15(11-6-7-11)22-17(26)23-8-13(16(24)25)14(9-23)18(19,20)21/h2-5,11,13-15H,6-9H2,1H3,(H,22,26)(H,24,25)/t13-,14-,15?/m1/s1. The molecule has 1 saturated carbocycles. The second-order valence-corrected chi connectivity index (χ2v) is 7.12. The molecule has 1 aliphatic carbocycles. The SMILES string of the molecule is Cc1ccccc1C(NC(=O)N1C[C@@H](C(F)(F)F)[C@H](C(=O)O)C1)C1CC1. The molecule has 2 amide bonds. The monoisotopic (exact) mass is 370 g/mol. The second-order valence-electron chi connectivity index (χ2n) is 7.12. The lowest BCUT2D eigenvalue weighted by Crippen LogP contribution is -2.42. The molecule has 0 aromatic heterocycles. The van der Waals surface area contributed by atoms with Crippen molar-refractivity contribution in [2.24, 2.45) is 17.8 Å². The summed E-state index contributed by atoms with van der Waals surface area (Å²) in [5.41, 5.74) is 1.95. The van der Waals surface area contributed by atoms with Crippen LogP contribution < -0.4 is 5.32 Å². The van der Waals surface area contributed by atoms with E-state index in [0.29, 0.717) is 0 Å². The van der Waals surface area contributed by atoms with Gasteiger partial charge in [-0.15, -0.1) is 0 Å². The molecule has 142 valence electrons. The van der Waals surface area contributed by atoms with Crippen molar-refractivity contribution in [1.82, 2.24) is 10.2 Å². The summed E-state index contributed by atoms with van der Waals surface area (Å²) in [6.45, 7) is 0.862. The van der Waals surface area contributed by atoms with Crippen molar-refractivity contribution in [2.75, 3.05) is 13.1 Å². The van der Waals surface area contributed by atoms with Crippen molar-refractivity contribution in [3.05, 3.63) is 35.4 Å². The molecule has 2 aliphatic rings. The molecule has 1 aromatic carbocycles. The summed E-state index contributed by atoms with van der Waals surface area (Å²) >= 11 is 0. The van der Waals surface area contributed by atoms with Crippen molar-refractivity contribution >= 4 is 12.0 Å². The maximum absolute atomic E-state index is 13.1. The van der Waals surface area contributed by atoms with Gasteiger partial charge in [0, 0.05) is 13.1 Å². The van der Waals surface area contributed by atoms with Crippen LogP contribution in [0.1, 0.15) is 30.0 Å². The molecule has 2 fully saturated rings. The summed E-state index contributed by atoms with van der Waals surface area (Å²) in [7, 11) is 0. The Morgan fingerprint density at radius 2 is 1.88 bits per heavy atom. The van der Waals surface area contributed by atoms with E-state index >= 15 is 0 Å². The van der Waals surface area contributed by atoms with Gasteiger partial charge >= 0.3 is 18.2 Å². The van der Waals surface area contributed by atoms with Crippen LogP contribution >= 0.6 is 0 Å². The van der Waals surface area contributed by atoms with Crippen molar-refractivity contribution in [2.45, 2.75) is 32.0 Å². The topological polar surface area (TPSA) is 69.6 Å². The highest BCUT2D eigenvalue weighted by Gasteiger charge is 2.53. The van der Waals surface area contributed by atoms with Crippen LogP contribution in [0.4, 0.5) is 18.0 Å². The van der Waals surface area contributed by atoms with Crippen LogP contribution in [0.15, 0.2) is 24.3 Å². The predicted molar refractivity (Wildman–Crippen MR) is 87.4 cm³/mol. The fraction of sp³-hybridized carbons (Fsp3) is 0.556. The zero-order chi connectivity index (χ0) is 19.1. The lowest BCUT2D eigenvalue weighted by molar-refractivity contribution is -0.187. The molecule has 1 aliphatic heterocycles. The van der Waals surface area contributed by atoms with Crippen molar-refractivity contribution < 1.29 is 27.9 Å². The number of aryl methyl sites for hydroxylation is 1. The maximum atomic E-state index is 13.1. The van der Waals surface area contributed by atoms with Crippen LogP contribution in [0, 0.1) is 24.7 Å². The van der Waals surface area contributed by atoms with Crippen LogP contribution in [0.25, 0.3) is 0 Å². The minimum absolute atomic E-state index is 0.260. The third-order valence-electron chi connectivity index (χ3n) is 5.24. The Bertz CT molecular complexity index is 703. The van der Waals surface area contributed by atoms with Crippen LogP contribution in [-0.2, 0) is 4.79 Å². The highest BCUT2D eigenvalue weighted by Crippen LogP contribution is 2.42. The number of carboxylic acid groups (broad SMARTS) is 1. The third kappa shape index (κ3) is 3.78. The van der Waals surface area contributed by atoms with Gasteiger partial charge in [0.05, 0.1) is 17.9 Å². The number of rotatable bonds is 4. The Morgan fingerprint density at radius 1 is 1.23 bits per heavy atom. The Balaban J connectivity index is 1.75. The number of carbonyl (C=O) groups is 2. The average Bonchev–Trinajstić information content (AvgIpc) is 3.28. The quantitative estimate of drug-likeness (QED) is 0.854. The maximum Gasteiger partial charge on any atom is 0.394 e. The number of nitrogens with zero attached hydrogens (tertiary/aromatic N) is 1. The van der Waals surface area contributed by atoms with Gasteiger partial charge in [0.25, 0.3) is 0 Å². The van der Waals surface area contributed by atoms with Crippen molar-refractivity contribution in [3.63, 3.8) is 0 Å². The molecule has 0 spiro atoms. The van der Waals surface area contributed by atoms with E-state index in [4.69, 9.17) is 5.11 Å². The molecule has 3 atom stereocenters. The summed E-state index contributed by atoms with van der Waals surface area (Å²) in [5, 5.41) is 11.9. The summed E-state index contributed by atoms with van der Waals surface area (Å²) in [6.07, 6.45) is -2.76. The van der Waals surface area contributed by atoms with Crippen LogP contribution in [-0.4, -0.2) is 41.3 Å². The molecule has 8 heteroatoms. The molecule has 5 nitrogen and oxygen atoms in total. The van der Waals surface area contributed by atoms with Gasteiger partial charge < -0.3 is 15.3 Å². The van der Waals surface area contributed by atoms with Gasteiger partial charge in [-0.3, -0.25) is 4.79 Å². The lowest BCUT2D eigenvalue weighted by Gasteiger charge is -2.25. The molecule has 0 radical (unpaired) electrons. The van der Waals surface area contributed by atoms with Gasteiger partial charge in [0.1, 0.15) is 0 Å². The highest BCUT2D eigenvalue weighted by molar-refractivity contribution is 5.78. The Morgan fingerprint density at radius 3 is 2.38 bits per heavy atom. The van der Waals surface area contributed by atoms with Crippen molar-refractivity contribution in [3.8, 4) is 0 Å². The van der Waals surface area contributed by atoms with Gasteiger partial charge in [-0.25, -0.2) is 4.79 Å². The van der Waals surface area contributed by atoms with E-state index in [0.717, 1.165) is 28.9 Å². The van der Waals surface area contributed by atoms with Gasteiger partial charge in [-0.2, -0.15) is 13.2 Å². The largest absolute Gasteiger partial charge is 0.481 e. The van der Waals surface area contributed by atoms with Gasteiger partial charge in [0.15, 0.2) is 0 Å². The van der Waals surface area contributed by atoms with E-state index in [1.54, 1.807) is 0 Å². The molecular formula is C18H21F3N2O3. The van der Waals surface area contributed by atoms with E-state index in [2.05, 4.69) is 5.32 Å². The molecule has 2 N–H and O–H groups in total. The molecule has 3 rings (SSSR count). The van der Waals surface area contributed by atoms with E-state index in [1.807, 2.05) is 31.2 Å². The normalized spacial score (nSPS) is 24.4. The van der Waals surface area contributed by atoms with Crippen LogP contribution in [0.5, 0.6) is 0 Å². The number of carboxylic acids is 1. The average molecular weight is 370 g/mol. The molecular weight excluding hydrogens is 349 g/mol. The first kappa shape index (κ1) is 18.5. The number of likely N-dealkylation sites (tertiary alicyclic amines) is 1. The first-order valence-corrected chi connectivity index (χ1v) is 8.59. The number of aliphatic carboxylic acids is 1. The Kier molecular flexibility index (Phi) is 4.86. The third-order valence-corrected chi connectivity index (χ3v) is 5.24. The number of urea groups is 1. The second kappa shape index (κ2) is 6.81. The number of hydrogen-bond acceptors (Lipinski definition) is 2. The lowest BCUT2D eigenvalue weighted by atomic mass is 9.96. The van der Waals surface area contributed by atoms with E-state index in [-0.39, 0.29) is 12.0 Å². The van der Waals surface area contributed by atoms with Gasteiger partial charge in [-0.1, -0.05) is 24.3 Å². The first-order chi connectivity index (χ1) is 12.2. The molecule has 0 bridgehead atoms. The molecule has 1 heterocycles. The van der Waals surface area contributed by atoms with E-state index < -0.39 is 43.1 Å². The Hall–Kier alpha value is -2.25. The summed E-state index contributed by atoms with van der Waals surface area (Å²) < 4.78 is 39.3. The minimum Gasteiger partial charge on any atom is -0.481 e. The number of amides is 2. The first-order valence-electron chi connectivity index (χ1n) is 8.59.